The lowest BCUT2D eigenvalue weighted by atomic mass is 9.91. The average molecular weight is 296 g/mol. The molecule has 118 valence electrons. The van der Waals surface area contributed by atoms with Crippen LogP contribution in [0.15, 0.2) is 30.3 Å². The summed E-state index contributed by atoms with van der Waals surface area (Å²) in [5.74, 6) is -1.01. The first-order valence-corrected chi connectivity index (χ1v) is 7.20. The van der Waals surface area contributed by atoms with Crippen LogP contribution in [0.5, 0.6) is 0 Å². The van der Waals surface area contributed by atoms with Crippen molar-refractivity contribution in [3.63, 3.8) is 0 Å². The first-order valence-electron chi connectivity index (χ1n) is 7.20. The predicted octanol–water partition coefficient (Wildman–Crippen LogP) is 2.73. The molecule has 1 aromatic carbocycles. The molecule has 0 fully saturated rings. The van der Waals surface area contributed by atoms with Crippen molar-refractivity contribution in [2.75, 3.05) is 6.61 Å². The van der Waals surface area contributed by atoms with Crippen LogP contribution in [0, 0.1) is 5.92 Å². The molecule has 1 aromatic rings. The monoisotopic (exact) mass is 296 g/mol. The molecule has 3 atom stereocenters. The Labute approximate surface area is 125 Å². The number of aliphatic hydroxyl groups is 1. The maximum absolute atomic E-state index is 11.7. The van der Waals surface area contributed by atoms with Crippen LogP contribution in [-0.4, -0.2) is 28.9 Å². The second kappa shape index (κ2) is 8.12. The van der Waals surface area contributed by atoms with Gasteiger partial charge < -0.3 is 10.2 Å². The van der Waals surface area contributed by atoms with Crippen molar-refractivity contribution in [3.8, 4) is 0 Å². The number of hydrogen-bond acceptors (Lipinski definition) is 4. The van der Waals surface area contributed by atoms with Crippen LogP contribution in [0.3, 0.4) is 0 Å². The molecule has 3 unspecified atom stereocenters. The molecule has 0 heterocycles. The summed E-state index contributed by atoms with van der Waals surface area (Å²) in [6.45, 7) is 5.58. The largest absolute Gasteiger partial charge is 0.479 e. The van der Waals surface area contributed by atoms with E-state index in [1.54, 1.807) is 38.1 Å². The van der Waals surface area contributed by atoms with Crippen LogP contribution < -0.4 is 0 Å². The van der Waals surface area contributed by atoms with Crippen LogP contribution in [0.25, 0.3) is 0 Å². The Bertz CT molecular complexity index is 432. The first kappa shape index (κ1) is 17.6. The maximum atomic E-state index is 11.7. The summed E-state index contributed by atoms with van der Waals surface area (Å²) in [5.41, 5.74) is -0.964. The van der Waals surface area contributed by atoms with Crippen LogP contribution >= 0.6 is 0 Å². The molecule has 0 saturated carbocycles. The summed E-state index contributed by atoms with van der Waals surface area (Å²) in [7, 11) is 0. The van der Waals surface area contributed by atoms with Gasteiger partial charge in [-0.15, -0.1) is 0 Å². The van der Waals surface area contributed by atoms with Crippen molar-refractivity contribution in [1.29, 1.82) is 0 Å². The number of aliphatic carboxylic acids is 1. The summed E-state index contributed by atoms with van der Waals surface area (Å²) in [6, 6.07) is 8.77. The molecule has 0 amide bonds. The SMILES string of the molecule is CCC(OOCC(C)CC(C)O)(C(=O)O)c1ccccc1. The van der Waals surface area contributed by atoms with E-state index < -0.39 is 17.7 Å². The molecule has 0 bridgehead atoms. The van der Waals surface area contributed by atoms with Crippen LogP contribution in [0.4, 0.5) is 0 Å². The predicted molar refractivity (Wildman–Crippen MR) is 78.5 cm³/mol. The zero-order chi connectivity index (χ0) is 15.9. The Morgan fingerprint density at radius 3 is 2.38 bits per heavy atom. The molecular formula is C16H24O5. The van der Waals surface area contributed by atoms with Crippen LogP contribution in [-0.2, 0) is 20.2 Å². The maximum Gasteiger partial charge on any atom is 0.344 e. The minimum atomic E-state index is -1.51. The number of rotatable bonds is 9. The van der Waals surface area contributed by atoms with Gasteiger partial charge in [-0.05, 0) is 31.2 Å². The Hall–Kier alpha value is -1.43. The fourth-order valence-corrected chi connectivity index (χ4v) is 2.23. The fourth-order valence-electron chi connectivity index (χ4n) is 2.23. The van der Waals surface area contributed by atoms with Gasteiger partial charge in [0.25, 0.3) is 0 Å². The standard InChI is InChI=1S/C16H24O5/c1-4-16(15(18)19,14-8-6-5-7-9-14)21-20-11-12(2)10-13(3)17/h5-9,12-13,17H,4,10-11H2,1-3H3,(H,18,19). The normalized spacial score (nSPS) is 17.0. The Morgan fingerprint density at radius 1 is 1.29 bits per heavy atom. The average Bonchev–Trinajstić information content (AvgIpc) is 2.43. The van der Waals surface area contributed by atoms with Crippen molar-refractivity contribution < 1.29 is 24.8 Å². The van der Waals surface area contributed by atoms with Gasteiger partial charge >= 0.3 is 5.97 Å². The lowest BCUT2D eigenvalue weighted by Gasteiger charge is -2.28. The topological polar surface area (TPSA) is 76.0 Å². The van der Waals surface area contributed by atoms with Crippen LogP contribution in [0.2, 0.25) is 0 Å². The van der Waals surface area contributed by atoms with Gasteiger partial charge in [-0.25, -0.2) is 14.6 Å². The molecule has 0 spiro atoms. The highest BCUT2D eigenvalue weighted by Gasteiger charge is 2.41. The molecule has 0 saturated heterocycles. The molecule has 0 aliphatic carbocycles. The molecule has 0 aromatic heterocycles. The first-order chi connectivity index (χ1) is 9.92. The third-order valence-electron chi connectivity index (χ3n) is 3.38. The Balaban J connectivity index is 2.74. The summed E-state index contributed by atoms with van der Waals surface area (Å²) in [4.78, 5) is 22.1. The van der Waals surface area contributed by atoms with Gasteiger partial charge in [-0.1, -0.05) is 44.2 Å². The lowest BCUT2D eigenvalue weighted by Crippen LogP contribution is -2.38. The van der Waals surface area contributed by atoms with Gasteiger partial charge in [0.2, 0.25) is 5.60 Å². The van der Waals surface area contributed by atoms with E-state index in [-0.39, 0.29) is 18.9 Å². The zero-order valence-electron chi connectivity index (χ0n) is 12.8. The van der Waals surface area contributed by atoms with Crippen LogP contribution in [0.1, 0.15) is 39.2 Å². The van der Waals surface area contributed by atoms with Gasteiger partial charge in [-0.3, -0.25) is 0 Å². The van der Waals surface area contributed by atoms with Crippen molar-refractivity contribution in [2.24, 2.45) is 5.92 Å². The number of carboxylic acid groups (broad SMARTS) is 1. The third kappa shape index (κ3) is 4.81. The second-order valence-electron chi connectivity index (χ2n) is 5.41. The minimum absolute atomic E-state index is 0.0733. The molecule has 5 nitrogen and oxygen atoms in total. The van der Waals surface area contributed by atoms with E-state index in [4.69, 9.17) is 9.78 Å². The van der Waals surface area contributed by atoms with Gasteiger partial charge in [-0.2, -0.15) is 0 Å². The molecular weight excluding hydrogens is 272 g/mol. The van der Waals surface area contributed by atoms with E-state index in [1.807, 2.05) is 13.0 Å². The molecule has 5 heteroatoms. The number of aliphatic hydroxyl groups excluding tert-OH is 1. The molecule has 0 aliphatic heterocycles. The second-order valence-corrected chi connectivity index (χ2v) is 5.41. The van der Waals surface area contributed by atoms with Gasteiger partial charge in [0.1, 0.15) is 0 Å². The number of carbonyl (C=O) groups is 1. The summed E-state index contributed by atoms with van der Waals surface area (Å²) < 4.78 is 0. The summed E-state index contributed by atoms with van der Waals surface area (Å²) in [5, 5.41) is 18.8. The number of carboxylic acids is 1. The Kier molecular flexibility index (Phi) is 6.81. The van der Waals surface area contributed by atoms with E-state index in [9.17, 15) is 15.0 Å². The molecule has 0 aliphatic rings. The summed E-state index contributed by atoms with van der Waals surface area (Å²) in [6.07, 6.45) is 0.394. The molecule has 1 rings (SSSR count). The van der Waals surface area contributed by atoms with E-state index >= 15 is 0 Å². The van der Waals surface area contributed by atoms with E-state index in [1.165, 1.54) is 0 Å². The Morgan fingerprint density at radius 2 is 1.90 bits per heavy atom. The minimum Gasteiger partial charge on any atom is -0.479 e. The van der Waals surface area contributed by atoms with Gasteiger partial charge in [0.05, 0.1) is 12.7 Å². The smallest absolute Gasteiger partial charge is 0.344 e. The lowest BCUT2D eigenvalue weighted by molar-refractivity contribution is -0.364. The molecule has 21 heavy (non-hydrogen) atoms. The van der Waals surface area contributed by atoms with Gasteiger partial charge in [0.15, 0.2) is 0 Å². The van der Waals surface area contributed by atoms with Crippen molar-refractivity contribution in [1.82, 2.24) is 0 Å². The number of benzene rings is 1. The van der Waals surface area contributed by atoms with Crippen molar-refractivity contribution in [3.05, 3.63) is 35.9 Å². The third-order valence-corrected chi connectivity index (χ3v) is 3.38. The highest BCUT2D eigenvalue weighted by molar-refractivity contribution is 5.79. The highest BCUT2D eigenvalue weighted by Crippen LogP contribution is 2.30. The molecule has 2 N–H and O–H groups in total. The van der Waals surface area contributed by atoms with E-state index in [2.05, 4.69) is 0 Å². The number of hydrogen-bond donors (Lipinski definition) is 2. The van der Waals surface area contributed by atoms with Crippen molar-refractivity contribution >= 4 is 5.97 Å². The summed E-state index contributed by atoms with van der Waals surface area (Å²) >= 11 is 0. The quantitative estimate of drug-likeness (QED) is 0.541. The highest BCUT2D eigenvalue weighted by atomic mass is 17.2. The van der Waals surface area contributed by atoms with E-state index in [0.29, 0.717) is 12.0 Å². The molecule has 0 radical (unpaired) electrons. The van der Waals surface area contributed by atoms with Crippen molar-refractivity contribution in [2.45, 2.75) is 45.3 Å². The van der Waals surface area contributed by atoms with Gasteiger partial charge in [0, 0.05) is 0 Å². The fraction of sp³-hybridized carbons (Fsp3) is 0.562. The zero-order valence-corrected chi connectivity index (χ0v) is 12.8. The van der Waals surface area contributed by atoms with E-state index in [0.717, 1.165) is 0 Å².